The monoisotopic (exact) mass is 350 g/mol. The molecular formula is C17H18Cl2N3O+. The highest BCUT2D eigenvalue weighted by molar-refractivity contribution is 6.35. The van der Waals surface area contributed by atoms with Gasteiger partial charge in [-0.3, -0.25) is 4.79 Å². The molecule has 3 rings (SSSR count). The molecule has 1 amide bonds. The van der Waals surface area contributed by atoms with Crippen molar-refractivity contribution in [2.75, 3.05) is 31.1 Å². The molecule has 0 radical (unpaired) electrons. The molecule has 2 heterocycles. The van der Waals surface area contributed by atoms with Gasteiger partial charge in [-0.2, -0.15) is 0 Å². The fraction of sp³-hybridized carbons (Fsp3) is 0.294. The van der Waals surface area contributed by atoms with E-state index in [0.29, 0.717) is 16.5 Å². The lowest BCUT2D eigenvalue weighted by atomic mass is 10.1. The number of halogens is 2. The number of piperazine rings is 1. The van der Waals surface area contributed by atoms with Crippen LogP contribution in [0.15, 0.2) is 42.7 Å². The number of pyridine rings is 1. The summed E-state index contributed by atoms with van der Waals surface area (Å²) in [5.74, 6) is 0.107. The third-order valence-corrected chi connectivity index (χ3v) is 4.64. The van der Waals surface area contributed by atoms with E-state index in [2.05, 4.69) is 9.88 Å². The number of hydrogen-bond acceptors (Lipinski definition) is 2. The van der Waals surface area contributed by atoms with E-state index in [0.717, 1.165) is 31.7 Å². The summed E-state index contributed by atoms with van der Waals surface area (Å²) in [5.41, 5.74) is 2.00. The topological polar surface area (TPSA) is 37.7 Å². The SMILES string of the molecule is O=C(Cc1ccc(Cl)cc1Cl)N1CCN(c2cc[nH+]cc2)CC1. The molecule has 120 valence electrons. The van der Waals surface area contributed by atoms with Crippen LogP contribution in [0.25, 0.3) is 0 Å². The van der Waals surface area contributed by atoms with Crippen LogP contribution in [-0.2, 0) is 11.2 Å². The Bertz CT molecular complexity index is 685. The number of carbonyl (C=O) groups is 1. The van der Waals surface area contributed by atoms with Crippen molar-refractivity contribution in [2.45, 2.75) is 6.42 Å². The molecule has 0 atom stereocenters. The van der Waals surface area contributed by atoms with Crippen LogP contribution in [0.4, 0.5) is 5.69 Å². The molecule has 1 N–H and O–H groups in total. The molecule has 1 fully saturated rings. The maximum absolute atomic E-state index is 12.5. The minimum atomic E-state index is 0.107. The summed E-state index contributed by atoms with van der Waals surface area (Å²) < 4.78 is 0. The lowest BCUT2D eigenvalue weighted by Gasteiger charge is -2.36. The van der Waals surface area contributed by atoms with Gasteiger partial charge in [-0.15, -0.1) is 0 Å². The number of anilines is 1. The van der Waals surface area contributed by atoms with Gasteiger partial charge in [0.2, 0.25) is 5.91 Å². The predicted octanol–water partition coefficient (Wildman–Crippen LogP) is 2.70. The first-order valence-electron chi connectivity index (χ1n) is 7.56. The van der Waals surface area contributed by atoms with Gasteiger partial charge in [-0.1, -0.05) is 29.3 Å². The lowest BCUT2D eigenvalue weighted by Crippen LogP contribution is -2.49. The Hall–Kier alpha value is -1.78. The van der Waals surface area contributed by atoms with Crippen LogP contribution in [0.5, 0.6) is 0 Å². The van der Waals surface area contributed by atoms with Crippen LogP contribution in [-0.4, -0.2) is 37.0 Å². The van der Waals surface area contributed by atoms with Gasteiger partial charge in [0.05, 0.1) is 6.42 Å². The Morgan fingerprint density at radius 2 is 1.74 bits per heavy atom. The minimum absolute atomic E-state index is 0.107. The van der Waals surface area contributed by atoms with Crippen molar-refractivity contribution in [1.82, 2.24) is 4.90 Å². The highest BCUT2D eigenvalue weighted by atomic mass is 35.5. The highest BCUT2D eigenvalue weighted by Gasteiger charge is 2.22. The van der Waals surface area contributed by atoms with Crippen molar-refractivity contribution >= 4 is 34.8 Å². The van der Waals surface area contributed by atoms with Gasteiger partial charge in [0.25, 0.3) is 0 Å². The fourth-order valence-electron chi connectivity index (χ4n) is 2.74. The first-order chi connectivity index (χ1) is 11.1. The predicted molar refractivity (Wildman–Crippen MR) is 92.0 cm³/mol. The number of rotatable bonds is 3. The third kappa shape index (κ3) is 3.95. The Morgan fingerprint density at radius 1 is 1.04 bits per heavy atom. The van der Waals surface area contributed by atoms with E-state index < -0.39 is 0 Å². The molecule has 0 unspecified atom stereocenters. The number of nitrogens with one attached hydrogen (secondary N) is 1. The summed E-state index contributed by atoms with van der Waals surface area (Å²) in [6, 6.07) is 9.35. The standard InChI is InChI=1S/C17H17Cl2N3O/c18-14-2-1-13(16(19)12-14)11-17(23)22-9-7-21(8-10-22)15-3-5-20-6-4-15/h1-6,12H,7-11H2/p+1. The number of H-pyrrole nitrogens is 1. The summed E-state index contributed by atoms with van der Waals surface area (Å²) >= 11 is 12.0. The molecule has 1 aromatic carbocycles. The Balaban J connectivity index is 1.58. The van der Waals surface area contributed by atoms with Gasteiger partial charge in [0.1, 0.15) is 0 Å². The molecule has 0 aliphatic carbocycles. The maximum Gasteiger partial charge on any atom is 0.227 e. The molecule has 1 aliphatic rings. The molecule has 0 bridgehead atoms. The normalized spacial score (nSPS) is 14.9. The molecule has 2 aromatic rings. The molecule has 1 aliphatic heterocycles. The van der Waals surface area contributed by atoms with Crippen molar-refractivity contribution < 1.29 is 9.78 Å². The number of amides is 1. The van der Waals surface area contributed by atoms with E-state index in [9.17, 15) is 4.79 Å². The largest absolute Gasteiger partial charge is 0.368 e. The molecule has 1 aromatic heterocycles. The van der Waals surface area contributed by atoms with E-state index in [1.165, 1.54) is 5.69 Å². The van der Waals surface area contributed by atoms with Gasteiger partial charge >= 0.3 is 0 Å². The summed E-state index contributed by atoms with van der Waals surface area (Å²) in [6.45, 7) is 3.12. The third-order valence-electron chi connectivity index (χ3n) is 4.05. The summed E-state index contributed by atoms with van der Waals surface area (Å²) in [5, 5.41) is 1.13. The second-order valence-electron chi connectivity index (χ2n) is 5.54. The molecule has 6 heteroatoms. The van der Waals surface area contributed by atoms with Crippen molar-refractivity contribution in [1.29, 1.82) is 0 Å². The molecule has 1 saturated heterocycles. The van der Waals surface area contributed by atoms with E-state index >= 15 is 0 Å². The number of aromatic nitrogens is 1. The second-order valence-corrected chi connectivity index (χ2v) is 6.38. The first kappa shape index (κ1) is 16.1. The van der Waals surface area contributed by atoms with Crippen molar-refractivity contribution in [2.24, 2.45) is 0 Å². The van der Waals surface area contributed by atoms with Crippen LogP contribution in [0, 0.1) is 0 Å². The zero-order valence-electron chi connectivity index (χ0n) is 12.6. The zero-order chi connectivity index (χ0) is 16.2. The van der Waals surface area contributed by atoms with E-state index in [1.54, 1.807) is 12.1 Å². The molecule has 23 heavy (non-hydrogen) atoms. The van der Waals surface area contributed by atoms with Crippen molar-refractivity contribution in [3.05, 3.63) is 58.3 Å². The second kappa shape index (κ2) is 7.20. The quantitative estimate of drug-likeness (QED) is 0.853. The van der Waals surface area contributed by atoms with E-state index in [4.69, 9.17) is 23.2 Å². The lowest BCUT2D eigenvalue weighted by molar-refractivity contribution is -0.377. The fourth-order valence-corrected chi connectivity index (χ4v) is 3.22. The van der Waals surface area contributed by atoms with Gasteiger partial charge in [0.15, 0.2) is 12.4 Å². The van der Waals surface area contributed by atoms with E-state index in [-0.39, 0.29) is 5.91 Å². The number of hydrogen-bond donors (Lipinski definition) is 0. The summed E-state index contributed by atoms with van der Waals surface area (Å²) in [4.78, 5) is 19.7. The van der Waals surface area contributed by atoms with Crippen molar-refractivity contribution in [3.8, 4) is 0 Å². The number of aromatic amines is 1. The van der Waals surface area contributed by atoms with Gasteiger partial charge < -0.3 is 9.80 Å². The average Bonchev–Trinajstić information content (AvgIpc) is 2.58. The van der Waals surface area contributed by atoms with Crippen molar-refractivity contribution in [3.63, 3.8) is 0 Å². The van der Waals surface area contributed by atoms with Crippen LogP contribution in [0.3, 0.4) is 0 Å². The highest BCUT2D eigenvalue weighted by Crippen LogP contribution is 2.22. The molecule has 0 spiro atoms. The maximum atomic E-state index is 12.5. The first-order valence-corrected chi connectivity index (χ1v) is 8.32. The molecular weight excluding hydrogens is 333 g/mol. The number of nitrogens with zero attached hydrogens (tertiary/aromatic N) is 2. The average molecular weight is 351 g/mol. The van der Waals surface area contributed by atoms with Gasteiger partial charge in [-0.05, 0) is 17.7 Å². The van der Waals surface area contributed by atoms with Gasteiger partial charge in [-0.25, -0.2) is 4.98 Å². The Morgan fingerprint density at radius 3 is 2.39 bits per heavy atom. The van der Waals surface area contributed by atoms with Crippen LogP contribution < -0.4 is 9.88 Å². The van der Waals surface area contributed by atoms with Gasteiger partial charge in [0, 0.05) is 54.0 Å². The molecule has 0 saturated carbocycles. The minimum Gasteiger partial charge on any atom is -0.368 e. The Labute approximate surface area is 145 Å². The van der Waals surface area contributed by atoms with Crippen LogP contribution >= 0.6 is 23.2 Å². The Kier molecular flexibility index (Phi) is 5.03. The number of benzene rings is 1. The van der Waals surface area contributed by atoms with Crippen LogP contribution in [0.1, 0.15) is 5.56 Å². The molecule has 4 nitrogen and oxygen atoms in total. The number of carbonyl (C=O) groups excluding carboxylic acids is 1. The van der Waals surface area contributed by atoms with Crippen LogP contribution in [0.2, 0.25) is 10.0 Å². The zero-order valence-corrected chi connectivity index (χ0v) is 14.1. The summed E-state index contributed by atoms with van der Waals surface area (Å²) in [7, 11) is 0. The van der Waals surface area contributed by atoms with E-state index in [1.807, 2.05) is 35.5 Å². The smallest absolute Gasteiger partial charge is 0.227 e. The summed E-state index contributed by atoms with van der Waals surface area (Å²) in [6.07, 6.45) is 4.14.